The van der Waals surface area contributed by atoms with Crippen LogP contribution in [0.2, 0.25) is 0 Å². The number of hydrogen-bond donors (Lipinski definition) is 2. The number of hydrogen-bond acceptors (Lipinski definition) is 2. The van der Waals surface area contributed by atoms with E-state index in [1.807, 2.05) is 0 Å². The fourth-order valence-corrected chi connectivity index (χ4v) is 11.8. The normalized spacial score (nSPS) is 56.2. The van der Waals surface area contributed by atoms with Crippen LogP contribution in [0.5, 0.6) is 0 Å². The lowest BCUT2D eigenvalue weighted by molar-refractivity contribution is -0.237. The fraction of sp³-hybridized carbons (Fsp3) is 1.00. The van der Waals surface area contributed by atoms with Gasteiger partial charge in [0.25, 0.3) is 0 Å². The first-order valence-electron chi connectivity index (χ1n) is 13.7. The summed E-state index contributed by atoms with van der Waals surface area (Å²) in [6, 6.07) is 0. The van der Waals surface area contributed by atoms with Crippen LogP contribution in [0.1, 0.15) is 113 Å². The van der Waals surface area contributed by atoms with Crippen molar-refractivity contribution in [2.45, 2.75) is 124 Å². The van der Waals surface area contributed by atoms with Crippen LogP contribution in [0.25, 0.3) is 0 Å². The number of aliphatic hydroxyl groups is 2. The molecule has 5 saturated carbocycles. The third kappa shape index (κ3) is 2.95. The van der Waals surface area contributed by atoms with Crippen molar-refractivity contribution in [3.63, 3.8) is 0 Å². The SMILES string of the molecule is CC(C)(O)C1CCC2(C)C1CCC1C2CCC2C1(C)CC(O)C1C(C)(C)CCCC12C. The van der Waals surface area contributed by atoms with Gasteiger partial charge in [-0.3, -0.25) is 0 Å². The highest BCUT2D eigenvalue weighted by Gasteiger charge is 2.68. The molecule has 2 N–H and O–H groups in total. The number of fused-ring (bicyclic) bond motifs is 7. The molecule has 0 heterocycles. The van der Waals surface area contributed by atoms with Gasteiger partial charge in [0.15, 0.2) is 0 Å². The van der Waals surface area contributed by atoms with Gasteiger partial charge in [-0.1, -0.05) is 41.0 Å². The largest absolute Gasteiger partial charge is 0.393 e. The molecule has 5 aliphatic carbocycles. The van der Waals surface area contributed by atoms with Gasteiger partial charge in [0.05, 0.1) is 11.7 Å². The van der Waals surface area contributed by atoms with E-state index in [1.165, 1.54) is 57.8 Å². The van der Waals surface area contributed by atoms with Crippen LogP contribution in [0, 0.1) is 57.2 Å². The summed E-state index contributed by atoms with van der Waals surface area (Å²) < 4.78 is 0. The Kier molecular flexibility index (Phi) is 4.94. The predicted molar refractivity (Wildman–Crippen MR) is 128 cm³/mol. The zero-order valence-corrected chi connectivity index (χ0v) is 21.5. The van der Waals surface area contributed by atoms with Crippen LogP contribution in [-0.4, -0.2) is 21.9 Å². The Labute approximate surface area is 192 Å². The van der Waals surface area contributed by atoms with Crippen LogP contribution in [-0.2, 0) is 0 Å². The lowest BCUT2D eigenvalue weighted by atomic mass is 9.35. The monoisotopic (exact) mass is 430 g/mol. The second-order valence-electron chi connectivity index (χ2n) is 14.9. The molecule has 0 bridgehead atoms. The minimum absolute atomic E-state index is 0.140. The third-order valence-corrected chi connectivity index (χ3v) is 12.7. The Hall–Kier alpha value is -0.0800. The average Bonchev–Trinajstić information content (AvgIpc) is 2.98. The van der Waals surface area contributed by atoms with Crippen molar-refractivity contribution in [3.05, 3.63) is 0 Å². The van der Waals surface area contributed by atoms with Crippen LogP contribution >= 0.6 is 0 Å². The van der Waals surface area contributed by atoms with Gasteiger partial charge in [0.1, 0.15) is 0 Å². The Bertz CT molecular complexity index is 721. The van der Waals surface area contributed by atoms with Crippen molar-refractivity contribution in [2.24, 2.45) is 57.2 Å². The molecule has 0 spiro atoms. The van der Waals surface area contributed by atoms with Crippen molar-refractivity contribution >= 4 is 0 Å². The molecule has 10 atom stereocenters. The quantitative estimate of drug-likeness (QED) is 0.478. The van der Waals surface area contributed by atoms with E-state index in [-0.39, 0.29) is 16.9 Å². The molecular weight excluding hydrogens is 380 g/mol. The lowest BCUT2D eigenvalue weighted by Crippen LogP contribution is -2.65. The van der Waals surface area contributed by atoms with Crippen LogP contribution < -0.4 is 0 Å². The zero-order chi connectivity index (χ0) is 22.6. The summed E-state index contributed by atoms with van der Waals surface area (Å²) in [5.74, 6) is 3.90. The smallest absolute Gasteiger partial charge is 0.0622 e. The van der Waals surface area contributed by atoms with Gasteiger partial charge in [0, 0.05) is 0 Å². The summed E-state index contributed by atoms with van der Waals surface area (Å²) >= 11 is 0. The van der Waals surface area contributed by atoms with E-state index >= 15 is 0 Å². The second-order valence-corrected chi connectivity index (χ2v) is 14.9. The first-order chi connectivity index (χ1) is 14.3. The van der Waals surface area contributed by atoms with E-state index in [4.69, 9.17) is 0 Å². The molecule has 5 aliphatic rings. The van der Waals surface area contributed by atoms with Gasteiger partial charge in [-0.05, 0) is 129 Å². The number of aliphatic hydroxyl groups excluding tert-OH is 1. The average molecular weight is 431 g/mol. The Morgan fingerprint density at radius 2 is 1.32 bits per heavy atom. The van der Waals surface area contributed by atoms with Crippen molar-refractivity contribution in [2.75, 3.05) is 0 Å². The first-order valence-corrected chi connectivity index (χ1v) is 13.7. The molecule has 10 unspecified atom stereocenters. The minimum atomic E-state index is -0.550. The van der Waals surface area contributed by atoms with Gasteiger partial charge in [0.2, 0.25) is 0 Å². The van der Waals surface area contributed by atoms with E-state index in [1.54, 1.807) is 0 Å². The molecular formula is C29H50O2. The van der Waals surface area contributed by atoms with Crippen LogP contribution in [0.15, 0.2) is 0 Å². The maximum absolute atomic E-state index is 11.7. The molecule has 0 aromatic carbocycles. The van der Waals surface area contributed by atoms with Gasteiger partial charge < -0.3 is 10.2 Å². The van der Waals surface area contributed by atoms with Crippen molar-refractivity contribution in [1.82, 2.24) is 0 Å². The summed E-state index contributed by atoms with van der Waals surface area (Å²) in [6.45, 7) is 16.8. The molecule has 31 heavy (non-hydrogen) atoms. The topological polar surface area (TPSA) is 40.5 Å². The standard InChI is InChI=1S/C29H50O2/c1-25(2)14-8-15-28(6)23-12-11-20-21(29(23,7)17-22(30)24(25)28)10-9-19-18(26(3,4)31)13-16-27(19,20)5/h18-24,30-31H,8-17H2,1-7H3. The first kappa shape index (κ1) is 22.7. The van der Waals surface area contributed by atoms with Gasteiger partial charge in [-0.2, -0.15) is 0 Å². The molecule has 5 fully saturated rings. The summed E-state index contributed by atoms with van der Waals surface area (Å²) in [6.07, 6.45) is 12.7. The van der Waals surface area contributed by atoms with Crippen molar-refractivity contribution < 1.29 is 10.2 Å². The molecule has 0 aromatic heterocycles. The maximum atomic E-state index is 11.7. The highest BCUT2D eigenvalue weighted by molar-refractivity contribution is 5.17. The number of rotatable bonds is 1. The molecule has 0 saturated heterocycles. The molecule has 178 valence electrons. The lowest BCUT2D eigenvalue weighted by Gasteiger charge is -2.70. The highest BCUT2D eigenvalue weighted by Crippen LogP contribution is 2.74. The van der Waals surface area contributed by atoms with E-state index in [9.17, 15) is 10.2 Å². The molecule has 2 heteroatoms. The molecule has 0 aromatic rings. The van der Waals surface area contributed by atoms with Gasteiger partial charge in [-0.25, -0.2) is 0 Å². The maximum Gasteiger partial charge on any atom is 0.0622 e. The summed E-state index contributed by atoms with van der Waals surface area (Å²) in [7, 11) is 0. The highest BCUT2D eigenvalue weighted by atomic mass is 16.3. The van der Waals surface area contributed by atoms with Crippen LogP contribution in [0.3, 0.4) is 0 Å². The summed E-state index contributed by atoms with van der Waals surface area (Å²) in [5, 5.41) is 22.6. The molecule has 0 amide bonds. The summed E-state index contributed by atoms with van der Waals surface area (Å²) in [4.78, 5) is 0. The van der Waals surface area contributed by atoms with Gasteiger partial charge >= 0.3 is 0 Å². The fourth-order valence-electron chi connectivity index (χ4n) is 11.8. The Balaban J connectivity index is 1.49. The second kappa shape index (κ2) is 6.74. The molecule has 0 radical (unpaired) electrons. The molecule has 2 nitrogen and oxygen atoms in total. The van der Waals surface area contributed by atoms with Gasteiger partial charge in [-0.15, -0.1) is 0 Å². The van der Waals surface area contributed by atoms with E-state index in [2.05, 4.69) is 48.5 Å². The Morgan fingerprint density at radius 1 is 0.710 bits per heavy atom. The summed E-state index contributed by atoms with van der Waals surface area (Å²) in [5.41, 5.74) is 0.672. The third-order valence-electron chi connectivity index (χ3n) is 12.7. The zero-order valence-electron chi connectivity index (χ0n) is 21.5. The Morgan fingerprint density at radius 3 is 2.00 bits per heavy atom. The van der Waals surface area contributed by atoms with E-state index in [0.717, 1.165) is 24.2 Å². The predicted octanol–water partition coefficient (Wildman–Crippen LogP) is 6.83. The molecule has 0 aliphatic heterocycles. The van der Waals surface area contributed by atoms with E-state index < -0.39 is 5.60 Å². The van der Waals surface area contributed by atoms with E-state index in [0.29, 0.717) is 28.6 Å². The molecule has 5 rings (SSSR count). The minimum Gasteiger partial charge on any atom is -0.393 e. The van der Waals surface area contributed by atoms with Crippen molar-refractivity contribution in [1.29, 1.82) is 0 Å². The van der Waals surface area contributed by atoms with Crippen molar-refractivity contribution in [3.8, 4) is 0 Å². The van der Waals surface area contributed by atoms with Crippen LogP contribution in [0.4, 0.5) is 0 Å².